The zero-order valence-corrected chi connectivity index (χ0v) is 16.5. The van der Waals surface area contributed by atoms with Crippen LogP contribution in [0.15, 0.2) is 48.5 Å². The van der Waals surface area contributed by atoms with Crippen molar-refractivity contribution >= 4 is 23.3 Å². The number of anilines is 1. The van der Waals surface area contributed by atoms with Crippen LogP contribution in [0.25, 0.3) is 0 Å². The maximum absolute atomic E-state index is 12.5. The van der Waals surface area contributed by atoms with Crippen molar-refractivity contribution in [3.63, 3.8) is 0 Å². The summed E-state index contributed by atoms with van der Waals surface area (Å²) in [5.74, 6) is -0.229. The van der Waals surface area contributed by atoms with Gasteiger partial charge in [0.1, 0.15) is 11.4 Å². The van der Waals surface area contributed by atoms with Gasteiger partial charge < -0.3 is 20.1 Å². The van der Waals surface area contributed by atoms with Crippen molar-refractivity contribution in [2.75, 3.05) is 18.5 Å². The molecule has 0 aromatic heterocycles. The van der Waals surface area contributed by atoms with Gasteiger partial charge in [-0.1, -0.05) is 30.3 Å². The number of nitrogens with zero attached hydrogens (tertiary/aromatic N) is 1. The molecule has 3 rings (SSSR count). The average molecular weight is 413 g/mol. The number of para-hydroxylation sites is 3. The summed E-state index contributed by atoms with van der Waals surface area (Å²) in [5.41, 5.74) is 1.14. The van der Waals surface area contributed by atoms with Crippen molar-refractivity contribution in [2.45, 2.75) is 31.9 Å². The van der Waals surface area contributed by atoms with Crippen LogP contribution in [-0.2, 0) is 14.3 Å². The maximum Gasteiger partial charge on any atom is 0.308 e. The number of esters is 1. The molecule has 0 saturated heterocycles. The number of nitrogens with one attached hydrogen (secondary N) is 2. The Morgan fingerprint density at radius 3 is 2.77 bits per heavy atom. The van der Waals surface area contributed by atoms with Crippen molar-refractivity contribution in [1.82, 2.24) is 5.32 Å². The van der Waals surface area contributed by atoms with Crippen molar-refractivity contribution in [2.24, 2.45) is 0 Å². The van der Waals surface area contributed by atoms with E-state index in [2.05, 4.69) is 10.6 Å². The first-order valence-corrected chi connectivity index (χ1v) is 9.64. The van der Waals surface area contributed by atoms with E-state index >= 15 is 0 Å². The highest BCUT2D eigenvalue weighted by Crippen LogP contribution is 2.31. The summed E-state index contributed by atoms with van der Waals surface area (Å²) >= 11 is 0. The number of nitro groups is 1. The van der Waals surface area contributed by atoms with Gasteiger partial charge in [-0.3, -0.25) is 19.7 Å². The number of fused-ring (bicyclic) bond motifs is 1. The molecule has 1 amide bonds. The summed E-state index contributed by atoms with van der Waals surface area (Å²) in [6.45, 7) is 2.15. The van der Waals surface area contributed by atoms with Crippen LogP contribution in [0.4, 0.5) is 11.4 Å². The second kappa shape index (κ2) is 9.73. The summed E-state index contributed by atoms with van der Waals surface area (Å²) in [5, 5.41) is 16.7. The van der Waals surface area contributed by atoms with Gasteiger partial charge in [0, 0.05) is 24.6 Å². The summed E-state index contributed by atoms with van der Waals surface area (Å²) < 4.78 is 10.8. The van der Waals surface area contributed by atoms with E-state index in [0.29, 0.717) is 18.7 Å². The first-order valence-electron chi connectivity index (χ1n) is 9.64. The molecule has 9 heteroatoms. The number of nitro benzene ring substituents is 1. The maximum atomic E-state index is 12.5. The minimum atomic E-state index is -0.960. The first kappa shape index (κ1) is 21.1. The molecule has 0 saturated carbocycles. The van der Waals surface area contributed by atoms with E-state index in [9.17, 15) is 19.7 Å². The van der Waals surface area contributed by atoms with Crippen LogP contribution < -0.4 is 15.4 Å². The lowest BCUT2D eigenvalue weighted by Crippen LogP contribution is -2.39. The standard InChI is InChI=1S/C21H23N3O6/c1-14(21(26)23-16-11-13-29-19-9-5-2-6-15(16)19)30-20(25)10-12-22-17-7-3-4-8-18(17)24(27)28/h2-9,14,16,22H,10-13H2,1H3,(H,23,26)/t14-,16-/m0/s1. The number of rotatable bonds is 8. The predicted molar refractivity (Wildman–Crippen MR) is 109 cm³/mol. The van der Waals surface area contributed by atoms with Gasteiger partial charge in [-0.15, -0.1) is 0 Å². The van der Waals surface area contributed by atoms with E-state index < -0.39 is 22.9 Å². The molecule has 0 radical (unpaired) electrons. The molecule has 158 valence electrons. The summed E-state index contributed by atoms with van der Waals surface area (Å²) in [7, 11) is 0. The average Bonchev–Trinajstić information content (AvgIpc) is 2.74. The van der Waals surface area contributed by atoms with Gasteiger partial charge in [0.25, 0.3) is 11.6 Å². The molecule has 2 N–H and O–H groups in total. The van der Waals surface area contributed by atoms with E-state index in [0.717, 1.165) is 11.3 Å². The molecular weight excluding hydrogens is 390 g/mol. The Hall–Kier alpha value is -3.62. The van der Waals surface area contributed by atoms with Crippen LogP contribution >= 0.6 is 0 Å². The minimum absolute atomic E-state index is 0.0379. The molecule has 0 fully saturated rings. The topological polar surface area (TPSA) is 120 Å². The predicted octanol–water partition coefficient (Wildman–Crippen LogP) is 2.97. The number of carbonyl (C=O) groups is 2. The molecule has 9 nitrogen and oxygen atoms in total. The molecule has 1 aliphatic heterocycles. The smallest absolute Gasteiger partial charge is 0.308 e. The molecule has 0 bridgehead atoms. The Labute approximate surface area is 173 Å². The highest BCUT2D eigenvalue weighted by molar-refractivity contribution is 5.84. The fourth-order valence-corrected chi connectivity index (χ4v) is 3.17. The molecule has 2 aromatic carbocycles. The number of hydrogen-bond donors (Lipinski definition) is 2. The van der Waals surface area contributed by atoms with Gasteiger partial charge in [0.05, 0.1) is 24.0 Å². The third-order valence-corrected chi connectivity index (χ3v) is 4.70. The molecule has 2 aromatic rings. The van der Waals surface area contributed by atoms with Crippen LogP contribution in [0.3, 0.4) is 0 Å². The van der Waals surface area contributed by atoms with Crippen LogP contribution in [-0.4, -0.2) is 36.1 Å². The molecule has 0 spiro atoms. The lowest BCUT2D eigenvalue weighted by Gasteiger charge is -2.27. The number of hydrogen-bond acceptors (Lipinski definition) is 7. The quantitative estimate of drug-likeness (QED) is 0.388. The largest absolute Gasteiger partial charge is 0.493 e. The van der Waals surface area contributed by atoms with E-state index in [1.807, 2.05) is 24.3 Å². The minimum Gasteiger partial charge on any atom is -0.493 e. The molecule has 30 heavy (non-hydrogen) atoms. The second-order valence-corrected chi connectivity index (χ2v) is 6.82. The van der Waals surface area contributed by atoms with E-state index in [-0.39, 0.29) is 24.7 Å². The Morgan fingerprint density at radius 1 is 1.23 bits per heavy atom. The van der Waals surface area contributed by atoms with Gasteiger partial charge in [-0.05, 0) is 19.1 Å². The molecular formula is C21H23N3O6. The third-order valence-electron chi connectivity index (χ3n) is 4.70. The Morgan fingerprint density at radius 2 is 1.97 bits per heavy atom. The monoisotopic (exact) mass is 413 g/mol. The summed E-state index contributed by atoms with van der Waals surface area (Å²) in [4.78, 5) is 35.0. The van der Waals surface area contributed by atoms with Crippen LogP contribution in [0.5, 0.6) is 5.75 Å². The lowest BCUT2D eigenvalue weighted by molar-refractivity contribution is -0.384. The van der Waals surface area contributed by atoms with Crippen LogP contribution in [0.1, 0.15) is 31.4 Å². The van der Waals surface area contributed by atoms with Crippen LogP contribution in [0.2, 0.25) is 0 Å². The fraction of sp³-hybridized carbons (Fsp3) is 0.333. The van der Waals surface area contributed by atoms with Gasteiger partial charge >= 0.3 is 5.97 Å². The molecule has 1 heterocycles. The number of ether oxygens (including phenoxy) is 2. The van der Waals surface area contributed by atoms with Gasteiger partial charge in [0.2, 0.25) is 0 Å². The van der Waals surface area contributed by atoms with Crippen molar-refractivity contribution < 1.29 is 24.0 Å². The molecule has 0 unspecified atom stereocenters. The zero-order chi connectivity index (χ0) is 21.5. The van der Waals surface area contributed by atoms with Crippen molar-refractivity contribution in [3.05, 3.63) is 64.2 Å². The Bertz CT molecular complexity index is 932. The Balaban J connectivity index is 1.47. The SMILES string of the molecule is C[C@H](OC(=O)CCNc1ccccc1[N+](=O)[O-])C(=O)N[C@H]1CCOc2ccccc21. The van der Waals surface area contributed by atoms with E-state index in [1.54, 1.807) is 18.2 Å². The number of carbonyl (C=O) groups excluding carboxylic acids is 2. The van der Waals surface area contributed by atoms with Crippen molar-refractivity contribution in [3.8, 4) is 5.75 Å². The first-order chi connectivity index (χ1) is 14.5. The van der Waals surface area contributed by atoms with Gasteiger partial charge in [-0.2, -0.15) is 0 Å². The molecule has 2 atom stereocenters. The normalized spacial score (nSPS) is 15.8. The Kier molecular flexibility index (Phi) is 6.84. The van der Waals surface area contributed by atoms with Gasteiger partial charge in [-0.25, -0.2) is 0 Å². The third kappa shape index (κ3) is 5.25. The van der Waals surface area contributed by atoms with Crippen LogP contribution in [0, 0.1) is 10.1 Å². The number of amides is 1. The fourth-order valence-electron chi connectivity index (χ4n) is 3.17. The summed E-state index contributed by atoms with van der Waals surface area (Å²) in [6.07, 6.45) is -0.369. The highest BCUT2D eigenvalue weighted by atomic mass is 16.6. The van der Waals surface area contributed by atoms with E-state index in [4.69, 9.17) is 9.47 Å². The zero-order valence-electron chi connectivity index (χ0n) is 16.5. The van der Waals surface area contributed by atoms with Crippen molar-refractivity contribution in [1.29, 1.82) is 0 Å². The number of benzene rings is 2. The summed E-state index contributed by atoms with van der Waals surface area (Å²) in [6, 6.07) is 13.4. The lowest BCUT2D eigenvalue weighted by atomic mass is 10.0. The highest BCUT2D eigenvalue weighted by Gasteiger charge is 2.26. The van der Waals surface area contributed by atoms with Gasteiger partial charge in [0.15, 0.2) is 6.10 Å². The molecule has 1 aliphatic rings. The second-order valence-electron chi connectivity index (χ2n) is 6.82. The van der Waals surface area contributed by atoms with E-state index in [1.165, 1.54) is 13.0 Å². The molecule has 0 aliphatic carbocycles.